The minimum Gasteiger partial charge on any atom is -0.507 e. The van der Waals surface area contributed by atoms with Crippen LogP contribution in [-0.2, 0) is 28.1 Å². The van der Waals surface area contributed by atoms with Crippen molar-refractivity contribution in [2.75, 3.05) is 21.3 Å². The van der Waals surface area contributed by atoms with Gasteiger partial charge in [-0.05, 0) is 89.5 Å². The van der Waals surface area contributed by atoms with Crippen LogP contribution in [0.5, 0.6) is 17.2 Å². The van der Waals surface area contributed by atoms with Gasteiger partial charge in [0.1, 0.15) is 17.2 Å². The van der Waals surface area contributed by atoms with E-state index in [1.807, 2.05) is 32.0 Å². The molecular weight excluding hydrogens is 476 g/mol. The molecule has 2 N–H and O–H groups in total. The first-order valence-corrected chi connectivity index (χ1v) is 12.7. The highest BCUT2D eigenvalue weighted by Crippen LogP contribution is 2.58. The van der Waals surface area contributed by atoms with Crippen LogP contribution < -0.4 is 4.74 Å². The molecule has 0 saturated carbocycles. The average molecular weight is 511 g/mol. The summed E-state index contributed by atoms with van der Waals surface area (Å²) in [6.07, 6.45) is 0. The van der Waals surface area contributed by atoms with Crippen molar-refractivity contribution in [3.05, 3.63) is 111 Å². The van der Waals surface area contributed by atoms with Gasteiger partial charge in [-0.1, -0.05) is 42.0 Å². The lowest BCUT2D eigenvalue weighted by Gasteiger charge is -2.35. The van der Waals surface area contributed by atoms with Crippen LogP contribution in [0.3, 0.4) is 0 Å². The molecule has 0 radical (unpaired) electrons. The van der Waals surface area contributed by atoms with Crippen molar-refractivity contribution >= 4 is 0 Å². The molecule has 1 aliphatic rings. The summed E-state index contributed by atoms with van der Waals surface area (Å²) in [5.74, 6) is 1.27. The van der Waals surface area contributed by atoms with E-state index < -0.39 is 5.41 Å². The molecule has 0 spiro atoms. The molecule has 0 bridgehead atoms. The maximum Gasteiger partial charge on any atom is 0.124 e. The Kier molecular flexibility index (Phi) is 6.68. The highest BCUT2D eigenvalue weighted by molar-refractivity contribution is 5.87. The maximum atomic E-state index is 10.9. The molecule has 0 aliphatic heterocycles. The molecule has 4 aromatic carbocycles. The first-order valence-electron chi connectivity index (χ1n) is 12.7. The fourth-order valence-electron chi connectivity index (χ4n) is 6.01. The van der Waals surface area contributed by atoms with Crippen molar-refractivity contribution < 1.29 is 24.4 Å². The number of phenols is 2. The second-order valence-electron chi connectivity index (χ2n) is 10.2. The molecule has 5 nitrogen and oxygen atoms in total. The number of rotatable bonds is 7. The molecule has 4 aromatic rings. The van der Waals surface area contributed by atoms with Crippen molar-refractivity contribution in [2.24, 2.45) is 0 Å². The molecule has 0 amide bonds. The Balaban J connectivity index is 1.98. The van der Waals surface area contributed by atoms with Crippen molar-refractivity contribution in [2.45, 2.75) is 39.4 Å². The highest BCUT2D eigenvalue weighted by atomic mass is 16.5. The van der Waals surface area contributed by atoms with Crippen LogP contribution in [0.2, 0.25) is 0 Å². The van der Waals surface area contributed by atoms with Gasteiger partial charge in [-0.3, -0.25) is 0 Å². The second-order valence-corrected chi connectivity index (χ2v) is 10.2. The number of hydrogen-bond donors (Lipinski definition) is 2. The summed E-state index contributed by atoms with van der Waals surface area (Å²) >= 11 is 0. The standard InChI is InChI=1S/C33H34O5/c1-19-7-9-29-27(11-19)28-16-26(38-6)8-10-30(28)33(29,24-12-20(2)31(34)22(14-24)17-36-4)25-13-21(3)32(35)23(15-25)18-37-5/h7-16,34-35H,17-18H2,1-6H3. The zero-order chi connectivity index (χ0) is 27.2. The largest absolute Gasteiger partial charge is 0.507 e. The maximum absolute atomic E-state index is 10.9. The van der Waals surface area contributed by atoms with Gasteiger partial charge < -0.3 is 24.4 Å². The van der Waals surface area contributed by atoms with Gasteiger partial charge in [-0.15, -0.1) is 0 Å². The van der Waals surface area contributed by atoms with Crippen molar-refractivity contribution in [1.82, 2.24) is 0 Å². The second kappa shape index (κ2) is 9.82. The monoisotopic (exact) mass is 510 g/mol. The number of methoxy groups -OCH3 is 3. The number of ether oxygens (including phenoxy) is 3. The normalized spacial score (nSPS) is 13.3. The van der Waals surface area contributed by atoms with E-state index in [1.54, 1.807) is 21.3 Å². The van der Waals surface area contributed by atoms with Gasteiger partial charge in [0.2, 0.25) is 0 Å². The number of aromatic hydroxyl groups is 2. The topological polar surface area (TPSA) is 68.2 Å². The predicted molar refractivity (Wildman–Crippen MR) is 149 cm³/mol. The number of fused-ring (bicyclic) bond motifs is 3. The molecule has 0 saturated heterocycles. The Morgan fingerprint density at radius 3 is 1.63 bits per heavy atom. The zero-order valence-electron chi connectivity index (χ0n) is 22.8. The third-order valence-electron chi connectivity index (χ3n) is 7.72. The Morgan fingerprint density at radius 1 is 0.632 bits per heavy atom. The van der Waals surface area contributed by atoms with Crippen LogP contribution >= 0.6 is 0 Å². The van der Waals surface area contributed by atoms with E-state index in [1.165, 1.54) is 0 Å². The molecule has 0 unspecified atom stereocenters. The Bertz CT molecular complexity index is 1470. The fourth-order valence-corrected chi connectivity index (χ4v) is 6.01. The van der Waals surface area contributed by atoms with E-state index in [0.29, 0.717) is 0 Å². The number of hydrogen-bond acceptors (Lipinski definition) is 5. The van der Waals surface area contributed by atoms with Crippen molar-refractivity contribution in [3.8, 4) is 28.4 Å². The molecule has 196 valence electrons. The molecule has 0 heterocycles. The molecule has 0 aromatic heterocycles. The summed E-state index contributed by atoms with van der Waals surface area (Å²) in [7, 11) is 4.95. The van der Waals surface area contributed by atoms with E-state index >= 15 is 0 Å². The summed E-state index contributed by atoms with van der Waals surface area (Å²) in [4.78, 5) is 0. The number of aryl methyl sites for hydroxylation is 3. The molecule has 5 heteroatoms. The van der Waals surface area contributed by atoms with Gasteiger partial charge >= 0.3 is 0 Å². The van der Waals surface area contributed by atoms with Crippen LogP contribution in [-0.4, -0.2) is 31.5 Å². The van der Waals surface area contributed by atoms with Crippen LogP contribution in [0, 0.1) is 20.8 Å². The van der Waals surface area contributed by atoms with E-state index in [2.05, 4.69) is 49.4 Å². The van der Waals surface area contributed by atoms with Crippen LogP contribution in [0.4, 0.5) is 0 Å². The average Bonchev–Trinajstić information content (AvgIpc) is 3.19. The predicted octanol–water partition coefficient (Wildman–Crippen LogP) is 6.69. The third kappa shape index (κ3) is 3.85. The third-order valence-corrected chi connectivity index (χ3v) is 7.72. The minimum absolute atomic E-state index is 0.241. The SMILES string of the molecule is COCc1cc(C2(c3cc(C)c(O)c(COC)c3)c3ccc(C)cc3-c3cc(OC)ccc32)cc(C)c1O. The Labute approximate surface area is 224 Å². The smallest absolute Gasteiger partial charge is 0.124 e. The van der Waals surface area contributed by atoms with Gasteiger partial charge in [0.15, 0.2) is 0 Å². The van der Waals surface area contributed by atoms with E-state index in [0.717, 1.165) is 66.9 Å². The molecular formula is C33H34O5. The highest BCUT2D eigenvalue weighted by Gasteiger charge is 2.47. The van der Waals surface area contributed by atoms with Crippen LogP contribution in [0.1, 0.15) is 50.1 Å². The lowest BCUT2D eigenvalue weighted by molar-refractivity contribution is 0.181. The van der Waals surface area contributed by atoms with E-state index in [-0.39, 0.29) is 24.7 Å². The summed E-state index contributed by atoms with van der Waals surface area (Å²) in [5.41, 5.74) is 9.96. The summed E-state index contributed by atoms with van der Waals surface area (Å²) in [5, 5.41) is 21.8. The molecule has 0 atom stereocenters. The number of phenolic OH excluding ortho intramolecular Hbond substituents is 2. The summed E-state index contributed by atoms with van der Waals surface area (Å²) in [6.45, 7) is 6.52. The van der Waals surface area contributed by atoms with Crippen molar-refractivity contribution in [1.29, 1.82) is 0 Å². The van der Waals surface area contributed by atoms with Gasteiger partial charge in [-0.2, -0.15) is 0 Å². The van der Waals surface area contributed by atoms with E-state index in [4.69, 9.17) is 14.2 Å². The summed E-state index contributed by atoms with van der Waals surface area (Å²) in [6, 6.07) is 21.0. The van der Waals surface area contributed by atoms with Crippen LogP contribution in [0.25, 0.3) is 11.1 Å². The quantitative estimate of drug-likeness (QED) is 0.255. The lowest BCUT2D eigenvalue weighted by Crippen LogP contribution is -2.29. The fraction of sp³-hybridized carbons (Fsp3) is 0.273. The van der Waals surface area contributed by atoms with E-state index in [9.17, 15) is 10.2 Å². The Morgan fingerprint density at radius 2 is 1.13 bits per heavy atom. The molecule has 1 aliphatic carbocycles. The van der Waals surface area contributed by atoms with Crippen LogP contribution in [0.15, 0.2) is 60.7 Å². The first kappa shape index (κ1) is 25.8. The minimum atomic E-state index is -0.716. The lowest BCUT2D eigenvalue weighted by atomic mass is 9.66. The van der Waals surface area contributed by atoms with Crippen molar-refractivity contribution in [3.63, 3.8) is 0 Å². The number of benzene rings is 4. The van der Waals surface area contributed by atoms with Gasteiger partial charge in [-0.25, -0.2) is 0 Å². The van der Waals surface area contributed by atoms with Gasteiger partial charge in [0.25, 0.3) is 0 Å². The molecule has 38 heavy (non-hydrogen) atoms. The summed E-state index contributed by atoms with van der Waals surface area (Å²) < 4.78 is 16.6. The zero-order valence-corrected chi connectivity index (χ0v) is 22.8. The van der Waals surface area contributed by atoms with Gasteiger partial charge in [0.05, 0.1) is 25.7 Å². The van der Waals surface area contributed by atoms with Gasteiger partial charge in [0, 0.05) is 25.3 Å². The first-order chi connectivity index (χ1) is 18.3. The Hall–Kier alpha value is -3.80. The molecule has 5 rings (SSSR count). The molecule has 0 fully saturated rings.